The van der Waals surface area contributed by atoms with E-state index in [-0.39, 0.29) is 12.4 Å². The van der Waals surface area contributed by atoms with E-state index in [4.69, 9.17) is 4.74 Å². The second-order valence-corrected chi connectivity index (χ2v) is 5.38. The van der Waals surface area contributed by atoms with Crippen LogP contribution >= 0.6 is 12.4 Å². The van der Waals surface area contributed by atoms with Crippen molar-refractivity contribution in [1.29, 1.82) is 0 Å². The van der Waals surface area contributed by atoms with E-state index in [2.05, 4.69) is 27.0 Å². The zero-order valence-electron chi connectivity index (χ0n) is 11.5. The zero-order chi connectivity index (χ0) is 12.4. The average Bonchev–Trinajstić information content (AvgIpc) is 2.83. The largest absolute Gasteiger partial charge is 0.371 e. The molecule has 0 bridgehead atoms. The van der Waals surface area contributed by atoms with Gasteiger partial charge in [0.1, 0.15) is 12.4 Å². The fourth-order valence-electron chi connectivity index (χ4n) is 3.03. The highest BCUT2D eigenvalue weighted by Gasteiger charge is 2.25. The molecule has 1 atom stereocenters. The molecule has 0 radical (unpaired) electrons. The second kappa shape index (κ2) is 6.68. The summed E-state index contributed by atoms with van der Waals surface area (Å²) in [5.41, 5.74) is 0. The van der Waals surface area contributed by atoms with Crippen molar-refractivity contribution in [2.24, 2.45) is 5.92 Å². The van der Waals surface area contributed by atoms with E-state index < -0.39 is 0 Å². The first kappa shape index (κ1) is 14.8. The first-order valence-electron chi connectivity index (χ1n) is 7.09. The fourth-order valence-corrected chi connectivity index (χ4v) is 3.03. The highest BCUT2D eigenvalue weighted by molar-refractivity contribution is 5.85. The molecule has 0 aliphatic carbocycles. The molecule has 1 fully saturated rings. The maximum absolute atomic E-state index is 5.57. The summed E-state index contributed by atoms with van der Waals surface area (Å²) < 4.78 is 7.91. The lowest BCUT2D eigenvalue weighted by Gasteiger charge is -2.27. The third-order valence-corrected chi connectivity index (χ3v) is 4.14. The Morgan fingerprint density at radius 3 is 2.84 bits per heavy atom. The van der Waals surface area contributed by atoms with Gasteiger partial charge in [0.15, 0.2) is 5.82 Å². The van der Waals surface area contributed by atoms with Gasteiger partial charge in [-0.25, -0.2) is 0 Å². The molecule has 0 saturated carbocycles. The monoisotopic (exact) mass is 286 g/mol. The second-order valence-electron chi connectivity index (χ2n) is 5.38. The Bertz CT molecular complexity index is 403. The lowest BCUT2D eigenvalue weighted by atomic mass is 9.94. The maximum Gasteiger partial charge on any atom is 0.159 e. The Hall–Kier alpha value is -0.650. The summed E-state index contributed by atoms with van der Waals surface area (Å²) in [6.45, 7) is 5.92. The summed E-state index contributed by atoms with van der Waals surface area (Å²) in [4.78, 5) is 0. The molecule has 1 aromatic heterocycles. The molecule has 2 aliphatic heterocycles. The number of rotatable bonds is 3. The van der Waals surface area contributed by atoms with Crippen LogP contribution in [-0.2, 0) is 17.8 Å². The van der Waals surface area contributed by atoms with Gasteiger partial charge in [0.05, 0.1) is 12.6 Å². The number of nitrogens with one attached hydrogen (secondary N) is 1. The molecule has 1 N–H and O–H groups in total. The first-order chi connectivity index (χ1) is 8.88. The molecule has 3 heterocycles. The van der Waals surface area contributed by atoms with Crippen molar-refractivity contribution < 1.29 is 4.74 Å². The van der Waals surface area contributed by atoms with Crippen LogP contribution in [0.4, 0.5) is 0 Å². The predicted octanol–water partition coefficient (Wildman–Crippen LogP) is 1.72. The summed E-state index contributed by atoms with van der Waals surface area (Å²) in [5, 5.41) is 12.1. The van der Waals surface area contributed by atoms with Gasteiger partial charge in [-0.15, -0.1) is 22.6 Å². The van der Waals surface area contributed by atoms with Gasteiger partial charge < -0.3 is 14.6 Å². The van der Waals surface area contributed by atoms with Gasteiger partial charge in [-0.1, -0.05) is 6.92 Å². The summed E-state index contributed by atoms with van der Waals surface area (Å²) in [6, 6.07) is 0.431. The van der Waals surface area contributed by atoms with Crippen molar-refractivity contribution in [3.8, 4) is 0 Å². The van der Waals surface area contributed by atoms with E-state index in [0.29, 0.717) is 12.6 Å². The van der Waals surface area contributed by atoms with Crippen molar-refractivity contribution in [3.05, 3.63) is 11.6 Å². The van der Waals surface area contributed by atoms with Crippen LogP contribution in [0.25, 0.3) is 0 Å². The van der Waals surface area contributed by atoms with Gasteiger partial charge in [-0.05, 0) is 38.3 Å². The SMILES string of the molecule is CCC1COCc2nnc(CC3CCNCC3)n21.Cl. The Kier molecular flexibility index (Phi) is 5.19. The predicted molar refractivity (Wildman–Crippen MR) is 75.6 cm³/mol. The minimum absolute atomic E-state index is 0. The third-order valence-electron chi connectivity index (χ3n) is 4.14. The van der Waals surface area contributed by atoms with Crippen molar-refractivity contribution >= 4 is 12.4 Å². The van der Waals surface area contributed by atoms with Gasteiger partial charge in [0.2, 0.25) is 0 Å². The van der Waals surface area contributed by atoms with Crippen LogP contribution in [-0.4, -0.2) is 34.5 Å². The standard InChI is InChI=1S/C13H22N4O.ClH/c1-2-11-8-18-9-13-16-15-12(17(11)13)7-10-3-5-14-6-4-10;/h10-11,14H,2-9H2,1H3;1H. The molecule has 2 aliphatic rings. The summed E-state index contributed by atoms with van der Waals surface area (Å²) in [7, 11) is 0. The van der Waals surface area contributed by atoms with E-state index in [1.54, 1.807) is 0 Å². The molecule has 0 amide bonds. The molecule has 108 valence electrons. The van der Waals surface area contributed by atoms with Crippen molar-refractivity contribution in [1.82, 2.24) is 20.1 Å². The van der Waals surface area contributed by atoms with Gasteiger partial charge in [-0.2, -0.15) is 0 Å². The number of hydrogen-bond donors (Lipinski definition) is 1. The molecule has 6 heteroatoms. The first-order valence-corrected chi connectivity index (χ1v) is 7.09. The third kappa shape index (κ3) is 3.09. The van der Waals surface area contributed by atoms with E-state index in [1.807, 2.05) is 0 Å². The molecule has 1 aromatic rings. The zero-order valence-corrected chi connectivity index (χ0v) is 12.3. The number of halogens is 1. The van der Waals surface area contributed by atoms with Gasteiger partial charge in [0.25, 0.3) is 0 Å². The van der Waals surface area contributed by atoms with Crippen LogP contribution in [0.3, 0.4) is 0 Å². The minimum atomic E-state index is 0. The minimum Gasteiger partial charge on any atom is -0.371 e. The van der Waals surface area contributed by atoms with Crippen LogP contribution in [0.15, 0.2) is 0 Å². The van der Waals surface area contributed by atoms with Crippen LogP contribution in [0, 0.1) is 5.92 Å². The van der Waals surface area contributed by atoms with Gasteiger partial charge >= 0.3 is 0 Å². The quantitative estimate of drug-likeness (QED) is 0.919. The molecule has 5 nitrogen and oxygen atoms in total. The maximum atomic E-state index is 5.57. The summed E-state index contributed by atoms with van der Waals surface area (Å²) in [6.07, 6.45) is 4.68. The molecule has 3 rings (SSSR count). The Balaban J connectivity index is 0.00000133. The molecule has 1 unspecified atom stereocenters. The number of aromatic nitrogens is 3. The Labute approximate surface area is 120 Å². The molecule has 1 saturated heterocycles. The number of nitrogens with zero attached hydrogens (tertiary/aromatic N) is 3. The van der Waals surface area contributed by atoms with Gasteiger partial charge in [-0.3, -0.25) is 0 Å². The number of fused-ring (bicyclic) bond motifs is 1. The normalized spacial score (nSPS) is 23.7. The van der Waals surface area contributed by atoms with Crippen LogP contribution in [0.2, 0.25) is 0 Å². The van der Waals surface area contributed by atoms with Crippen molar-refractivity contribution in [2.75, 3.05) is 19.7 Å². The van der Waals surface area contributed by atoms with Crippen molar-refractivity contribution in [3.63, 3.8) is 0 Å². The van der Waals surface area contributed by atoms with Crippen molar-refractivity contribution in [2.45, 2.75) is 45.3 Å². The number of hydrogen-bond acceptors (Lipinski definition) is 4. The smallest absolute Gasteiger partial charge is 0.159 e. The van der Waals surface area contributed by atoms with Crippen LogP contribution in [0.5, 0.6) is 0 Å². The molecule has 19 heavy (non-hydrogen) atoms. The molecular formula is C13H23ClN4O. The molecule has 0 aromatic carbocycles. The number of piperidine rings is 1. The lowest BCUT2D eigenvalue weighted by Crippen LogP contribution is -2.30. The van der Waals surface area contributed by atoms with E-state index >= 15 is 0 Å². The lowest BCUT2D eigenvalue weighted by molar-refractivity contribution is 0.0520. The Morgan fingerprint density at radius 1 is 1.32 bits per heavy atom. The fraction of sp³-hybridized carbons (Fsp3) is 0.846. The van der Waals surface area contributed by atoms with Gasteiger partial charge in [0, 0.05) is 6.42 Å². The average molecular weight is 287 g/mol. The van der Waals surface area contributed by atoms with Crippen LogP contribution in [0.1, 0.15) is 43.9 Å². The summed E-state index contributed by atoms with van der Waals surface area (Å²) >= 11 is 0. The molecule has 0 spiro atoms. The van der Waals surface area contributed by atoms with E-state index in [9.17, 15) is 0 Å². The van der Waals surface area contributed by atoms with E-state index in [0.717, 1.165) is 44.3 Å². The number of ether oxygens (including phenoxy) is 1. The van der Waals surface area contributed by atoms with E-state index in [1.165, 1.54) is 18.7 Å². The topological polar surface area (TPSA) is 52.0 Å². The van der Waals surface area contributed by atoms with Crippen LogP contribution < -0.4 is 5.32 Å². The highest BCUT2D eigenvalue weighted by atomic mass is 35.5. The Morgan fingerprint density at radius 2 is 2.11 bits per heavy atom. The highest BCUT2D eigenvalue weighted by Crippen LogP contribution is 2.25. The summed E-state index contributed by atoms with van der Waals surface area (Å²) in [5.74, 6) is 2.95. The molecular weight excluding hydrogens is 264 g/mol.